The molecule has 1 fully saturated rings. The molecule has 0 aromatic carbocycles. The Kier molecular flexibility index (Phi) is 5.25. The lowest BCUT2D eigenvalue weighted by molar-refractivity contribution is -0.137. The van der Waals surface area contributed by atoms with Crippen LogP contribution in [0.15, 0.2) is 0 Å². The molecule has 16 heavy (non-hydrogen) atoms. The summed E-state index contributed by atoms with van der Waals surface area (Å²) in [5, 5.41) is 11.2. The molecule has 0 radical (unpaired) electrons. The van der Waals surface area contributed by atoms with Gasteiger partial charge in [0.2, 0.25) is 5.91 Å². The minimum atomic E-state index is -0.815. The molecule has 1 saturated heterocycles. The van der Waals surface area contributed by atoms with Crippen molar-refractivity contribution >= 4 is 11.9 Å². The Morgan fingerprint density at radius 2 is 2.25 bits per heavy atom. The Morgan fingerprint density at radius 1 is 1.50 bits per heavy atom. The third-order valence-corrected chi connectivity index (χ3v) is 2.98. The molecular weight excluding hydrogens is 208 g/mol. The van der Waals surface area contributed by atoms with E-state index in [9.17, 15) is 9.59 Å². The molecule has 92 valence electrons. The average Bonchev–Trinajstić information content (AvgIpc) is 2.59. The highest BCUT2D eigenvalue weighted by molar-refractivity contribution is 5.76. The predicted octanol–water partition coefficient (Wildman–Crippen LogP) is 0.452. The quantitative estimate of drug-likeness (QED) is 0.648. The minimum absolute atomic E-state index is 0.0316. The molecule has 2 N–H and O–H groups in total. The zero-order chi connectivity index (χ0) is 12.0. The van der Waals surface area contributed by atoms with Crippen molar-refractivity contribution in [3.8, 4) is 0 Å². The summed E-state index contributed by atoms with van der Waals surface area (Å²) in [5.74, 6) is -0.783. The fraction of sp³-hybridized carbons (Fsp3) is 0.818. The Bertz CT molecular complexity index is 256. The van der Waals surface area contributed by atoms with Crippen LogP contribution in [0.4, 0.5) is 0 Å². The summed E-state index contributed by atoms with van der Waals surface area (Å²) in [7, 11) is 2.04. The Hall–Kier alpha value is -1.10. The third kappa shape index (κ3) is 4.61. The van der Waals surface area contributed by atoms with Gasteiger partial charge in [0.15, 0.2) is 0 Å². The molecule has 1 aliphatic heterocycles. The van der Waals surface area contributed by atoms with Crippen molar-refractivity contribution in [1.82, 2.24) is 10.2 Å². The van der Waals surface area contributed by atoms with Gasteiger partial charge < -0.3 is 15.3 Å². The van der Waals surface area contributed by atoms with E-state index in [4.69, 9.17) is 5.11 Å². The molecule has 5 heteroatoms. The molecule has 0 bridgehead atoms. The molecule has 1 amide bonds. The number of likely N-dealkylation sites (tertiary alicyclic amines) is 1. The molecule has 1 heterocycles. The number of rotatable bonds is 6. The van der Waals surface area contributed by atoms with E-state index in [1.807, 2.05) is 7.05 Å². The van der Waals surface area contributed by atoms with Gasteiger partial charge in [-0.1, -0.05) is 0 Å². The van der Waals surface area contributed by atoms with E-state index in [1.165, 1.54) is 0 Å². The van der Waals surface area contributed by atoms with Crippen LogP contribution in [0, 0.1) is 0 Å². The molecule has 0 aromatic heterocycles. The van der Waals surface area contributed by atoms with Gasteiger partial charge in [-0.2, -0.15) is 0 Å². The third-order valence-electron chi connectivity index (χ3n) is 2.98. The molecule has 1 atom stereocenters. The van der Waals surface area contributed by atoms with Crippen molar-refractivity contribution in [1.29, 1.82) is 0 Å². The molecular formula is C11H20N2O3. The smallest absolute Gasteiger partial charge is 0.303 e. The van der Waals surface area contributed by atoms with E-state index >= 15 is 0 Å². The highest BCUT2D eigenvalue weighted by Crippen LogP contribution is 2.17. The van der Waals surface area contributed by atoms with Gasteiger partial charge in [0.1, 0.15) is 0 Å². The maximum absolute atomic E-state index is 11.5. The van der Waals surface area contributed by atoms with E-state index in [2.05, 4.69) is 10.2 Å². The first kappa shape index (κ1) is 13.0. The highest BCUT2D eigenvalue weighted by Gasteiger charge is 2.22. The molecule has 1 aliphatic rings. The van der Waals surface area contributed by atoms with Crippen molar-refractivity contribution < 1.29 is 14.7 Å². The SMILES string of the molecule is CN1CCCC1CC(=O)NCCCC(=O)O. The molecule has 0 spiro atoms. The van der Waals surface area contributed by atoms with Crippen molar-refractivity contribution in [2.75, 3.05) is 20.1 Å². The van der Waals surface area contributed by atoms with E-state index < -0.39 is 5.97 Å². The fourth-order valence-electron chi connectivity index (χ4n) is 1.99. The van der Waals surface area contributed by atoms with E-state index in [0.29, 0.717) is 25.4 Å². The maximum atomic E-state index is 11.5. The monoisotopic (exact) mass is 228 g/mol. The zero-order valence-corrected chi connectivity index (χ0v) is 9.74. The number of carboxylic acid groups (broad SMARTS) is 1. The topological polar surface area (TPSA) is 69.6 Å². The van der Waals surface area contributed by atoms with Gasteiger partial charge in [-0.15, -0.1) is 0 Å². The Labute approximate surface area is 95.8 Å². The van der Waals surface area contributed by atoms with Crippen LogP contribution in [0.1, 0.15) is 32.1 Å². The first-order valence-corrected chi connectivity index (χ1v) is 5.78. The number of nitrogens with zero attached hydrogens (tertiary/aromatic N) is 1. The van der Waals surface area contributed by atoms with E-state index in [1.54, 1.807) is 0 Å². The molecule has 1 rings (SSSR count). The summed E-state index contributed by atoms with van der Waals surface area (Å²) in [6.45, 7) is 1.53. The summed E-state index contributed by atoms with van der Waals surface area (Å²) in [6, 6.07) is 0.361. The number of amides is 1. The number of aliphatic carboxylic acids is 1. The van der Waals surface area contributed by atoms with Gasteiger partial charge in [-0.25, -0.2) is 0 Å². The lowest BCUT2D eigenvalue weighted by Crippen LogP contribution is -2.33. The number of hydrogen-bond acceptors (Lipinski definition) is 3. The first-order chi connectivity index (χ1) is 7.59. The number of nitrogens with one attached hydrogen (secondary N) is 1. The number of carbonyl (C=O) groups excluding carboxylic acids is 1. The maximum Gasteiger partial charge on any atom is 0.303 e. The standard InChI is InChI=1S/C11H20N2O3/c1-13-7-3-4-9(13)8-10(14)12-6-2-5-11(15)16/h9H,2-8H2,1H3,(H,12,14)(H,15,16). The van der Waals surface area contributed by atoms with Crippen LogP contribution >= 0.6 is 0 Å². The van der Waals surface area contributed by atoms with Gasteiger partial charge >= 0.3 is 5.97 Å². The van der Waals surface area contributed by atoms with Gasteiger partial charge in [0.25, 0.3) is 0 Å². The van der Waals surface area contributed by atoms with Gasteiger partial charge in [0.05, 0.1) is 0 Å². The number of carbonyl (C=O) groups is 2. The van der Waals surface area contributed by atoms with Crippen LogP contribution in [0.5, 0.6) is 0 Å². The Morgan fingerprint density at radius 3 is 2.81 bits per heavy atom. The summed E-state index contributed by atoms with van der Waals surface area (Å²) in [5.41, 5.74) is 0. The summed E-state index contributed by atoms with van der Waals surface area (Å²) >= 11 is 0. The largest absolute Gasteiger partial charge is 0.481 e. The zero-order valence-electron chi connectivity index (χ0n) is 9.74. The number of hydrogen-bond donors (Lipinski definition) is 2. The van der Waals surface area contributed by atoms with Crippen LogP contribution < -0.4 is 5.32 Å². The summed E-state index contributed by atoms with van der Waals surface area (Å²) in [6.07, 6.45) is 3.39. The normalized spacial score (nSPS) is 20.9. The van der Waals surface area contributed by atoms with Crippen LogP contribution in [0.2, 0.25) is 0 Å². The van der Waals surface area contributed by atoms with Crippen LogP contribution in [-0.2, 0) is 9.59 Å². The molecule has 5 nitrogen and oxygen atoms in total. The van der Waals surface area contributed by atoms with Crippen LogP contribution in [0.25, 0.3) is 0 Å². The van der Waals surface area contributed by atoms with Gasteiger partial charge in [-0.05, 0) is 32.9 Å². The fourth-order valence-corrected chi connectivity index (χ4v) is 1.99. The summed E-state index contributed by atoms with van der Waals surface area (Å²) < 4.78 is 0. The second-order valence-electron chi connectivity index (χ2n) is 4.33. The van der Waals surface area contributed by atoms with Crippen molar-refractivity contribution in [3.05, 3.63) is 0 Å². The number of carboxylic acids is 1. The van der Waals surface area contributed by atoms with Crippen LogP contribution in [0.3, 0.4) is 0 Å². The van der Waals surface area contributed by atoms with E-state index in [0.717, 1.165) is 19.4 Å². The Balaban J connectivity index is 2.08. The van der Waals surface area contributed by atoms with Gasteiger partial charge in [-0.3, -0.25) is 9.59 Å². The average molecular weight is 228 g/mol. The molecule has 0 aromatic rings. The van der Waals surface area contributed by atoms with Crippen molar-refractivity contribution in [3.63, 3.8) is 0 Å². The molecule has 0 aliphatic carbocycles. The lowest BCUT2D eigenvalue weighted by Gasteiger charge is -2.18. The molecule has 0 saturated carbocycles. The summed E-state index contributed by atoms with van der Waals surface area (Å²) in [4.78, 5) is 24.0. The molecule has 1 unspecified atom stereocenters. The second kappa shape index (κ2) is 6.48. The van der Waals surface area contributed by atoms with Crippen molar-refractivity contribution in [2.45, 2.75) is 38.1 Å². The van der Waals surface area contributed by atoms with Crippen molar-refractivity contribution in [2.24, 2.45) is 0 Å². The minimum Gasteiger partial charge on any atom is -0.481 e. The first-order valence-electron chi connectivity index (χ1n) is 5.78. The lowest BCUT2D eigenvalue weighted by atomic mass is 10.1. The highest BCUT2D eigenvalue weighted by atomic mass is 16.4. The van der Waals surface area contributed by atoms with E-state index in [-0.39, 0.29) is 12.3 Å². The van der Waals surface area contributed by atoms with Crippen LogP contribution in [-0.4, -0.2) is 48.1 Å². The second-order valence-corrected chi connectivity index (χ2v) is 4.33. The van der Waals surface area contributed by atoms with Gasteiger partial charge in [0, 0.05) is 25.4 Å². The predicted molar refractivity (Wildman–Crippen MR) is 60.1 cm³/mol.